The molecule has 6 nitrogen and oxygen atoms in total. The van der Waals surface area contributed by atoms with Crippen LogP contribution in [0.25, 0.3) is 34.3 Å². The van der Waals surface area contributed by atoms with Gasteiger partial charge < -0.3 is 5.11 Å². The van der Waals surface area contributed by atoms with E-state index in [0.717, 1.165) is 22.4 Å². The average molecular weight is 432 g/mol. The summed E-state index contributed by atoms with van der Waals surface area (Å²) < 4.78 is 1.90. The van der Waals surface area contributed by atoms with Gasteiger partial charge >= 0.3 is 5.97 Å². The topological polar surface area (TPSA) is 80.9 Å². The Morgan fingerprint density at radius 2 is 1.79 bits per heavy atom. The quantitative estimate of drug-likeness (QED) is 0.388. The fourth-order valence-corrected chi connectivity index (χ4v) is 3.77. The van der Waals surface area contributed by atoms with Crippen LogP contribution in [0.1, 0.15) is 27.2 Å². The van der Waals surface area contributed by atoms with Crippen molar-refractivity contribution in [3.05, 3.63) is 114 Å². The number of benzene rings is 2. The van der Waals surface area contributed by atoms with Crippen LogP contribution < -0.4 is 0 Å². The predicted molar refractivity (Wildman–Crippen MR) is 129 cm³/mol. The molecule has 3 heterocycles. The largest absolute Gasteiger partial charge is 0.478 e. The van der Waals surface area contributed by atoms with Gasteiger partial charge in [0.15, 0.2) is 0 Å². The van der Waals surface area contributed by atoms with Crippen LogP contribution in [-0.2, 0) is 6.54 Å². The molecule has 0 aliphatic heterocycles. The third-order valence-electron chi connectivity index (χ3n) is 5.31. The number of aromatic carboxylic acids is 1. The molecule has 0 aliphatic rings. The number of pyridine rings is 2. The first-order valence-electron chi connectivity index (χ1n) is 10.5. The monoisotopic (exact) mass is 432 g/mol. The molecular weight excluding hydrogens is 412 g/mol. The summed E-state index contributed by atoms with van der Waals surface area (Å²) >= 11 is 0. The molecule has 1 N–H and O–H groups in total. The molecule has 0 saturated heterocycles. The zero-order valence-corrected chi connectivity index (χ0v) is 17.7. The van der Waals surface area contributed by atoms with E-state index in [9.17, 15) is 9.90 Å². The summed E-state index contributed by atoms with van der Waals surface area (Å²) in [6.07, 6.45) is 9.23. The summed E-state index contributed by atoms with van der Waals surface area (Å²) in [4.78, 5) is 20.6. The van der Waals surface area contributed by atoms with Crippen molar-refractivity contribution in [3.8, 4) is 11.3 Å². The fourth-order valence-electron chi connectivity index (χ4n) is 3.77. The molecule has 0 unspecified atom stereocenters. The normalized spacial score (nSPS) is 11.3. The van der Waals surface area contributed by atoms with E-state index >= 15 is 0 Å². The third-order valence-corrected chi connectivity index (χ3v) is 5.31. The van der Waals surface area contributed by atoms with Gasteiger partial charge in [-0.2, -0.15) is 5.10 Å². The molecule has 0 saturated carbocycles. The zero-order valence-electron chi connectivity index (χ0n) is 17.7. The van der Waals surface area contributed by atoms with E-state index in [1.54, 1.807) is 24.5 Å². The number of nitrogens with zero attached hydrogens (tertiary/aromatic N) is 4. The van der Waals surface area contributed by atoms with Crippen molar-refractivity contribution in [3.63, 3.8) is 0 Å². The van der Waals surface area contributed by atoms with Gasteiger partial charge in [-0.15, -0.1) is 0 Å². The molecule has 0 bridgehead atoms. The smallest absolute Gasteiger partial charge is 0.336 e. The molecule has 5 aromatic rings. The highest BCUT2D eigenvalue weighted by atomic mass is 16.4. The molecule has 2 aromatic carbocycles. The number of carbonyl (C=O) groups is 1. The lowest BCUT2D eigenvalue weighted by atomic mass is 10.1. The highest BCUT2D eigenvalue weighted by molar-refractivity contribution is 6.03. The number of para-hydroxylation sites is 1. The second-order valence-corrected chi connectivity index (χ2v) is 7.61. The van der Waals surface area contributed by atoms with Crippen molar-refractivity contribution < 1.29 is 9.90 Å². The molecule has 6 heteroatoms. The predicted octanol–water partition coefficient (Wildman–Crippen LogP) is 5.41. The molecule has 0 atom stereocenters. The lowest BCUT2D eigenvalue weighted by molar-refractivity contribution is 0.0699. The minimum Gasteiger partial charge on any atom is -0.478 e. The van der Waals surface area contributed by atoms with E-state index in [2.05, 4.69) is 22.1 Å². The van der Waals surface area contributed by atoms with Crippen molar-refractivity contribution in [2.45, 2.75) is 6.54 Å². The second kappa shape index (κ2) is 8.88. The first-order chi connectivity index (χ1) is 16.2. The number of hydrogen-bond donors (Lipinski definition) is 1. The number of fused-ring (bicyclic) bond motifs is 1. The van der Waals surface area contributed by atoms with E-state index < -0.39 is 5.97 Å². The van der Waals surface area contributed by atoms with Gasteiger partial charge in [-0.1, -0.05) is 48.5 Å². The van der Waals surface area contributed by atoms with Crippen LogP contribution in [0.2, 0.25) is 0 Å². The van der Waals surface area contributed by atoms with Gasteiger partial charge in [0, 0.05) is 35.1 Å². The van der Waals surface area contributed by atoms with E-state index in [1.165, 1.54) is 0 Å². The Morgan fingerprint density at radius 1 is 0.970 bits per heavy atom. The van der Waals surface area contributed by atoms with Gasteiger partial charge in [0.25, 0.3) is 0 Å². The van der Waals surface area contributed by atoms with Gasteiger partial charge in [-0.25, -0.2) is 9.78 Å². The molecule has 160 valence electrons. The summed E-state index contributed by atoms with van der Waals surface area (Å²) in [5.41, 5.74) is 5.19. The standard InChI is InChI=1S/C27H20N4O2/c32-27(33)24-15-22(29-25-11-5-4-10-23(24)25)13-12-21-18-31(17-19-7-2-1-3-8-19)30-26(21)20-9-6-14-28-16-20/h1-16,18H,17H2,(H,32,33). The van der Waals surface area contributed by atoms with Crippen molar-refractivity contribution in [2.75, 3.05) is 0 Å². The van der Waals surface area contributed by atoms with Gasteiger partial charge in [0.1, 0.15) is 5.69 Å². The van der Waals surface area contributed by atoms with Crippen LogP contribution in [0.15, 0.2) is 91.4 Å². The summed E-state index contributed by atoms with van der Waals surface area (Å²) in [6, 6.07) is 22.8. The molecule has 33 heavy (non-hydrogen) atoms. The van der Waals surface area contributed by atoms with Crippen LogP contribution in [0, 0.1) is 0 Å². The minimum atomic E-state index is -0.977. The van der Waals surface area contributed by atoms with Crippen LogP contribution in [0.4, 0.5) is 0 Å². The van der Waals surface area contributed by atoms with Crippen molar-refractivity contribution >= 4 is 29.0 Å². The molecule has 3 aromatic heterocycles. The maximum absolute atomic E-state index is 11.8. The van der Waals surface area contributed by atoms with Crippen LogP contribution >= 0.6 is 0 Å². The summed E-state index contributed by atoms with van der Waals surface area (Å²) in [6.45, 7) is 0.638. The van der Waals surface area contributed by atoms with Gasteiger partial charge in [0.2, 0.25) is 0 Å². The summed E-state index contributed by atoms with van der Waals surface area (Å²) in [5, 5.41) is 15.1. The first-order valence-corrected chi connectivity index (χ1v) is 10.5. The Morgan fingerprint density at radius 3 is 2.58 bits per heavy atom. The maximum atomic E-state index is 11.8. The van der Waals surface area contributed by atoms with Crippen LogP contribution in [0.5, 0.6) is 0 Å². The second-order valence-electron chi connectivity index (χ2n) is 7.61. The minimum absolute atomic E-state index is 0.229. The highest BCUT2D eigenvalue weighted by Crippen LogP contribution is 2.25. The Hall–Kier alpha value is -4.58. The molecular formula is C27H20N4O2. The molecule has 0 fully saturated rings. The number of carboxylic acid groups (broad SMARTS) is 1. The van der Waals surface area contributed by atoms with Crippen LogP contribution in [-0.4, -0.2) is 30.8 Å². The average Bonchev–Trinajstić information content (AvgIpc) is 3.25. The molecule has 0 amide bonds. The van der Waals surface area contributed by atoms with E-state index in [-0.39, 0.29) is 5.56 Å². The molecule has 0 aliphatic carbocycles. The van der Waals surface area contributed by atoms with Gasteiger partial charge in [-0.05, 0) is 42.0 Å². The lowest BCUT2D eigenvalue weighted by Gasteiger charge is -2.04. The number of carboxylic acids is 1. The molecule has 0 radical (unpaired) electrons. The summed E-state index contributed by atoms with van der Waals surface area (Å²) in [7, 11) is 0. The number of aromatic nitrogens is 4. The third kappa shape index (κ3) is 4.41. The maximum Gasteiger partial charge on any atom is 0.336 e. The van der Waals surface area contributed by atoms with Crippen molar-refractivity contribution in [2.24, 2.45) is 0 Å². The van der Waals surface area contributed by atoms with Crippen molar-refractivity contribution in [1.82, 2.24) is 19.7 Å². The number of hydrogen-bond acceptors (Lipinski definition) is 4. The Bertz CT molecular complexity index is 1460. The SMILES string of the molecule is O=C(O)c1cc(C=Cc2cn(Cc3ccccc3)nc2-c2cccnc2)nc2ccccc12. The number of rotatable bonds is 6. The van der Waals surface area contributed by atoms with Crippen molar-refractivity contribution in [1.29, 1.82) is 0 Å². The summed E-state index contributed by atoms with van der Waals surface area (Å²) in [5.74, 6) is -0.977. The van der Waals surface area contributed by atoms with Gasteiger partial charge in [0.05, 0.1) is 23.3 Å². The van der Waals surface area contributed by atoms with E-state index in [1.807, 2.05) is 71.6 Å². The Balaban J connectivity index is 1.55. The van der Waals surface area contributed by atoms with E-state index in [0.29, 0.717) is 23.1 Å². The fraction of sp³-hybridized carbons (Fsp3) is 0.0370. The Labute approximate surface area is 190 Å². The molecule has 5 rings (SSSR count). The zero-order chi connectivity index (χ0) is 22.6. The lowest BCUT2D eigenvalue weighted by Crippen LogP contribution is -2.00. The van der Waals surface area contributed by atoms with Crippen LogP contribution in [0.3, 0.4) is 0 Å². The first kappa shape index (κ1) is 20.3. The molecule has 0 spiro atoms. The van der Waals surface area contributed by atoms with Gasteiger partial charge in [-0.3, -0.25) is 9.67 Å². The highest BCUT2D eigenvalue weighted by Gasteiger charge is 2.12. The van der Waals surface area contributed by atoms with E-state index in [4.69, 9.17) is 5.10 Å². The Kier molecular flexibility index (Phi) is 5.47.